The van der Waals surface area contributed by atoms with Crippen molar-refractivity contribution in [3.63, 3.8) is 0 Å². The molecule has 1 nitrogen and oxygen atoms in total. The summed E-state index contributed by atoms with van der Waals surface area (Å²) in [6.07, 6.45) is 0. The summed E-state index contributed by atoms with van der Waals surface area (Å²) in [5.41, 5.74) is -0.500. The zero-order chi connectivity index (χ0) is 4.50. The molecule has 0 aromatic rings. The third-order valence-corrected chi connectivity index (χ3v) is 0. The van der Waals surface area contributed by atoms with Gasteiger partial charge in [-0.1, -0.05) is 0 Å². The van der Waals surface area contributed by atoms with E-state index < -0.39 is 5.60 Å². The molecule has 0 rings (SSSR count). The first-order valence-electron chi connectivity index (χ1n) is 1.72. The molecule has 0 amide bonds. The summed E-state index contributed by atoms with van der Waals surface area (Å²) in [6, 6.07) is 0. The number of aliphatic hydroxyl groups is 1. The Kier molecular flexibility index (Phi) is 3.67. The molecule has 0 atom stereocenters. The molecule has 0 saturated carbocycles. The molecule has 0 aliphatic heterocycles. The Bertz CT molecular complexity index is 23.0. The van der Waals surface area contributed by atoms with Crippen LogP contribution in [0.1, 0.15) is 20.8 Å². The van der Waals surface area contributed by atoms with Crippen molar-refractivity contribution in [2.24, 2.45) is 0 Å². The molecular weight excluding hydrogens is 73.1 g/mol. The Balaban J connectivity index is 0. The van der Waals surface area contributed by atoms with Crippen LogP contribution >= 0.6 is 0 Å². The van der Waals surface area contributed by atoms with Crippen LogP contribution in [0.25, 0.3) is 0 Å². The fourth-order valence-corrected chi connectivity index (χ4v) is 0. The summed E-state index contributed by atoms with van der Waals surface area (Å²) in [5, 5.41) is 8.52. The topological polar surface area (TPSA) is 20.2 Å². The molecule has 0 aromatic carbocycles. The second-order valence-corrected chi connectivity index (χ2v) is 2.17. The van der Waals surface area contributed by atoms with Gasteiger partial charge >= 0.3 is 10.1 Å². The first-order chi connectivity index (χ1) is 2.00. The van der Waals surface area contributed by atoms with Crippen LogP contribution in [-0.4, -0.2) is 20.8 Å². The number of hydrogen-bond acceptors (Lipinski definition) is 1. The molecule has 0 saturated heterocycles. The fourth-order valence-electron chi connectivity index (χ4n) is 0. The Morgan fingerprint density at radius 3 is 1.17 bits per heavy atom. The van der Waals surface area contributed by atoms with Gasteiger partial charge in [0.25, 0.3) is 0 Å². The Labute approximate surface area is 42.6 Å². The van der Waals surface area contributed by atoms with Crippen molar-refractivity contribution < 1.29 is 5.11 Å². The van der Waals surface area contributed by atoms with Crippen LogP contribution in [-0.2, 0) is 0 Å². The van der Waals surface area contributed by atoms with E-state index in [4.69, 9.17) is 5.11 Å². The first kappa shape index (κ1) is 9.46. The number of rotatable bonds is 0. The van der Waals surface area contributed by atoms with Crippen LogP contribution in [0.2, 0.25) is 0 Å². The van der Waals surface area contributed by atoms with E-state index in [-0.39, 0.29) is 10.1 Å². The van der Waals surface area contributed by atoms with Gasteiger partial charge < -0.3 is 5.11 Å². The van der Waals surface area contributed by atoms with Crippen molar-refractivity contribution in [2.45, 2.75) is 26.4 Å². The van der Waals surface area contributed by atoms with Gasteiger partial charge in [0.15, 0.2) is 0 Å². The SMILES string of the molecule is CC(C)(C)O.[BeH2]. The minimum atomic E-state index is -0.500. The quantitative estimate of drug-likeness (QED) is 0.406. The van der Waals surface area contributed by atoms with Crippen LogP contribution in [0, 0.1) is 0 Å². The minimum absolute atomic E-state index is 0. The third kappa shape index (κ3) is 2440. The fraction of sp³-hybridized carbons (Fsp3) is 1.00. The predicted octanol–water partition coefficient (Wildman–Crippen LogP) is -0.139. The van der Waals surface area contributed by atoms with Crippen molar-refractivity contribution in [1.82, 2.24) is 0 Å². The van der Waals surface area contributed by atoms with E-state index >= 15 is 0 Å². The second-order valence-electron chi connectivity index (χ2n) is 2.17. The molecule has 0 heterocycles. The predicted molar refractivity (Wildman–Crippen MR) is 30.5 cm³/mol. The summed E-state index contributed by atoms with van der Waals surface area (Å²) in [7, 11) is 0. The molecule has 6 heavy (non-hydrogen) atoms. The van der Waals surface area contributed by atoms with E-state index in [2.05, 4.69) is 0 Å². The summed E-state index contributed by atoms with van der Waals surface area (Å²) < 4.78 is 0. The van der Waals surface area contributed by atoms with Crippen molar-refractivity contribution in [2.75, 3.05) is 0 Å². The molecular formula is C4H12BeO. The summed E-state index contributed by atoms with van der Waals surface area (Å²) in [4.78, 5) is 0. The van der Waals surface area contributed by atoms with Gasteiger partial charge in [-0.15, -0.1) is 0 Å². The molecule has 0 aromatic heterocycles. The van der Waals surface area contributed by atoms with Crippen LogP contribution in [0.15, 0.2) is 0 Å². The zero-order valence-electron chi connectivity index (χ0n) is 3.95. The molecule has 0 fully saturated rings. The Morgan fingerprint density at radius 2 is 1.17 bits per heavy atom. The monoisotopic (exact) mass is 85.1 g/mol. The number of hydrogen-bond donors (Lipinski definition) is 1. The van der Waals surface area contributed by atoms with Crippen molar-refractivity contribution >= 4 is 10.1 Å². The molecule has 0 radical (unpaired) electrons. The average Bonchev–Trinajstić information content (AvgIpc) is 0.722. The molecule has 36 valence electrons. The second kappa shape index (κ2) is 2.33. The van der Waals surface area contributed by atoms with Gasteiger partial charge in [-0.05, 0) is 20.8 Å². The maximum atomic E-state index is 8.52. The molecule has 0 aliphatic carbocycles. The maximum absolute atomic E-state index is 8.52. The summed E-state index contributed by atoms with van der Waals surface area (Å²) in [6.45, 7) is 5.23. The van der Waals surface area contributed by atoms with Crippen LogP contribution < -0.4 is 0 Å². The molecule has 1 N–H and O–H groups in total. The van der Waals surface area contributed by atoms with Crippen molar-refractivity contribution in [3.8, 4) is 0 Å². The Hall–Kier alpha value is 0.129. The zero-order valence-corrected chi connectivity index (χ0v) is 3.95. The summed E-state index contributed by atoms with van der Waals surface area (Å²) >= 11 is 0. The Morgan fingerprint density at radius 1 is 1.17 bits per heavy atom. The van der Waals surface area contributed by atoms with E-state index in [9.17, 15) is 0 Å². The van der Waals surface area contributed by atoms with Gasteiger partial charge in [0, 0.05) is 0 Å². The molecule has 0 spiro atoms. The van der Waals surface area contributed by atoms with E-state index in [1.165, 1.54) is 0 Å². The third-order valence-electron chi connectivity index (χ3n) is 0. The summed E-state index contributed by atoms with van der Waals surface area (Å²) in [5.74, 6) is 0. The average molecular weight is 85.2 g/mol. The molecule has 0 bridgehead atoms. The van der Waals surface area contributed by atoms with E-state index in [1.807, 2.05) is 0 Å². The van der Waals surface area contributed by atoms with Gasteiger partial charge in [-0.2, -0.15) is 0 Å². The first-order valence-corrected chi connectivity index (χ1v) is 1.72. The van der Waals surface area contributed by atoms with Gasteiger partial charge in [0.2, 0.25) is 0 Å². The van der Waals surface area contributed by atoms with Gasteiger partial charge in [0.1, 0.15) is 0 Å². The van der Waals surface area contributed by atoms with Gasteiger partial charge in [-0.25, -0.2) is 0 Å². The molecule has 0 unspecified atom stereocenters. The van der Waals surface area contributed by atoms with Crippen LogP contribution in [0.3, 0.4) is 0 Å². The van der Waals surface area contributed by atoms with Crippen LogP contribution in [0.4, 0.5) is 0 Å². The van der Waals surface area contributed by atoms with E-state index in [0.29, 0.717) is 0 Å². The van der Waals surface area contributed by atoms with Crippen molar-refractivity contribution in [3.05, 3.63) is 0 Å². The van der Waals surface area contributed by atoms with E-state index in [1.54, 1.807) is 20.8 Å². The molecule has 2 heteroatoms. The standard InChI is InChI=1S/C4H10O.Be.2H/c1-4(2,3)5;;;/h5H,1-3H3;;;. The molecule has 0 aliphatic rings. The van der Waals surface area contributed by atoms with Gasteiger partial charge in [-0.3, -0.25) is 0 Å². The van der Waals surface area contributed by atoms with Gasteiger partial charge in [0.05, 0.1) is 5.60 Å². The van der Waals surface area contributed by atoms with Crippen LogP contribution in [0.5, 0.6) is 0 Å². The van der Waals surface area contributed by atoms with E-state index in [0.717, 1.165) is 0 Å². The normalized spacial score (nSPS) is 10.0. The van der Waals surface area contributed by atoms with Crippen molar-refractivity contribution in [1.29, 1.82) is 0 Å².